The fraction of sp³-hybridized carbons (Fsp3) is 0.786. The molecule has 0 bridgehead atoms. The second-order valence-corrected chi connectivity index (χ2v) is 5.58. The Morgan fingerprint density at radius 3 is 2.65 bits per heavy atom. The van der Waals surface area contributed by atoms with Crippen LogP contribution >= 0.6 is 0 Å². The van der Waals surface area contributed by atoms with Crippen LogP contribution in [0.25, 0.3) is 0 Å². The number of hydrogen-bond donors (Lipinski definition) is 1. The van der Waals surface area contributed by atoms with Gasteiger partial charge in [-0.1, -0.05) is 12.8 Å². The number of carbonyl (C=O) groups is 1. The zero-order chi connectivity index (χ0) is 14.4. The van der Waals surface area contributed by atoms with Gasteiger partial charge >= 0.3 is 0 Å². The molecule has 1 fully saturated rings. The molecule has 1 N–H and O–H groups in total. The van der Waals surface area contributed by atoms with E-state index in [1.54, 1.807) is 11.0 Å². The van der Waals surface area contributed by atoms with E-state index in [9.17, 15) is 4.79 Å². The Morgan fingerprint density at radius 1 is 1.35 bits per heavy atom. The van der Waals surface area contributed by atoms with E-state index in [-0.39, 0.29) is 11.9 Å². The van der Waals surface area contributed by atoms with Crippen LogP contribution in [0.4, 0.5) is 0 Å². The molecule has 0 spiro atoms. The largest absolute Gasteiger partial charge is 0.343 e. The first-order valence-corrected chi connectivity index (χ1v) is 7.51. The van der Waals surface area contributed by atoms with Gasteiger partial charge in [0.25, 0.3) is 0 Å². The molecule has 1 aliphatic heterocycles. The Kier molecular flexibility index (Phi) is 5.52. The van der Waals surface area contributed by atoms with Gasteiger partial charge in [-0.2, -0.15) is 5.10 Å². The Labute approximate surface area is 120 Å². The summed E-state index contributed by atoms with van der Waals surface area (Å²) in [5.74, 6) is 1.16. The highest BCUT2D eigenvalue weighted by atomic mass is 16.2. The molecule has 0 aromatic carbocycles. The van der Waals surface area contributed by atoms with Gasteiger partial charge in [0.05, 0.1) is 6.54 Å². The smallest absolute Gasteiger partial charge is 0.224 e. The van der Waals surface area contributed by atoms with Crippen molar-refractivity contribution in [1.82, 2.24) is 25.0 Å². The maximum Gasteiger partial charge on any atom is 0.224 e. The number of aromatic nitrogens is 3. The Morgan fingerprint density at radius 2 is 2.05 bits per heavy atom. The zero-order valence-electron chi connectivity index (χ0n) is 12.5. The van der Waals surface area contributed by atoms with Gasteiger partial charge < -0.3 is 10.2 Å². The van der Waals surface area contributed by atoms with Crippen molar-refractivity contribution in [2.24, 2.45) is 7.05 Å². The van der Waals surface area contributed by atoms with Gasteiger partial charge in [0, 0.05) is 32.6 Å². The van der Waals surface area contributed by atoms with E-state index >= 15 is 0 Å². The number of likely N-dealkylation sites (tertiary alicyclic amines) is 1. The summed E-state index contributed by atoms with van der Waals surface area (Å²) in [4.78, 5) is 18.4. The summed E-state index contributed by atoms with van der Waals surface area (Å²) in [5.41, 5.74) is 0. The summed E-state index contributed by atoms with van der Waals surface area (Å²) in [6.07, 6.45) is 6.90. The Balaban J connectivity index is 1.74. The van der Waals surface area contributed by atoms with E-state index in [0.717, 1.165) is 31.8 Å². The molecule has 1 amide bonds. The Bertz CT molecular complexity index is 423. The van der Waals surface area contributed by atoms with Crippen molar-refractivity contribution >= 4 is 5.91 Å². The van der Waals surface area contributed by atoms with Crippen LogP contribution in [0.3, 0.4) is 0 Å². The summed E-state index contributed by atoms with van der Waals surface area (Å²) in [7, 11) is 1.87. The SMILES string of the molecule is CC(CC(=O)N1CCCCCC1)NCc1ncnn1C. The second kappa shape index (κ2) is 7.38. The number of hydrogen-bond acceptors (Lipinski definition) is 4. The summed E-state index contributed by atoms with van der Waals surface area (Å²) in [6, 6.07) is 0.155. The van der Waals surface area contributed by atoms with Gasteiger partial charge in [-0.25, -0.2) is 4.98 Å². The van der Waals surface area contributed by atoms with Gasteiger partial charge in [-0.3, -0.25) is 9.48 Å². The van der Waals surface area contributed by atoms with E-state index < -0.39 is 0 Å². The lowest BCUT2D eigenvalue weighted by Gasteiger charge is -2.22. The highest BCUT2D eigenvalue weighted by Crippen LogP contribution is 2.11. The lowest BCUT2D eigenvalue weighted by atomic mass is 10.2. The van der Waals surface area contributed by atoms with Crippen molar-refractivity contribution in [3.8, 4) is 0 Å². The molecule has 20 heavy (non-hydrogen) atoms. The minimum Gasteiger partial charge on any atom is -0.343 e. The van der Waals surface area contributed by atoms with E-state index in [2.05, 4.69) is 15.4 Å². The van der Waals surface area contributed by atoms with Crippen LogP contribution in [0.5, 0.6) is 0 Å². The Hall–Kier alpha value is -1.43. The van der Waals surface area contributed by atoms with Crippen LogP contribution < -0.4 is 5.32 Å². The predicted molar refractivity (Wildman–Crippen MR) is 77.0 cm³/mol. The van der Waals surface area contributed by atoms with Gasteiger partial charge in [0.2, 0.25) is 5.91 Å². The first kappa shape index (κ1) is 15.0. The normalized spacial score (nSPS) is 17.8. The average Bonchev–Trinajstić information content (AvgIpc) is 2.68. The van der Waals surface area contributed by atoms with Crippen LogP contribution in [0.1, 0.15) is 44.9 Å². The molecule has 1 atom stereocenters. The molecule has 1 aliphatic rings. The summed E-state index contributed by atoms with van der Waals surface area (Å²) in [5, 5.41) is 7.37. The minimum absolute atomic E-state index is 0.155. The van der Waals surface area contributed by atoms with Crippen LogP contribution in [0, 0.1) is 0 Å². The quantitative estimate of drug-likeness (QED) is 0.876. The van der Waals surface area contributed by atoms with Crippen molar-refractivity contribution in [2.45, 2.75) is 51.6 Å². The summed E-state index contributed by atoms with van der Waals surface area (Å²) < 4.78 is 1.75. The van der Waals surface area contributed by atoms with Crippen molar-refractivity contribution in [2.75, 3.05) is 13.1 Å². The number of rotatable bonds is 5. The molecule has 6 nitrogen and oxygen atoms in total. The number of nitrogens with one attached hydrogen (secondary N) is 1. The van der Waals surface area contributed by atoms with Gasteiger partial charge in [0.15, 0.2) is 0 Å². The molecule has 1 unspecified atom stereocenters. The molecule has 2 heterocycles. The van der Waals surface area contributed by atoms with Crippen molar-refractivity contribution in [3.05, 3.63) is 12.2 Å². The molecule has 0 radical (unpaired) electrons. The second-order valence-electron chi connectivity index (χ2n) is 5.58. The van der Waals surface area contributed by atoms with Gasteiger partial charge in [0.1, 0.15) is 12.2 Å². The third kappa shape index (κ3) is 4.30. The van der Waals surface area contributed by atoms with Crippen molar-refractivity contribution in [3.63, 3.8) is 0 Å². The molecule has 1 saturated heterocycles. The van der Waals surface area contributed by atoms with E-state index in [0.29, 0.717) is 13.0 Å². The van der Waals surface area contributed by atoms with Gasteiger partial charge in [-0.05, 0) is 19.8 Å². The fourth-order valence-electron chi connectivity index (χ4n) is 2.53. The molecule has 1 aromatic heterocycles. The highest BCUT2D eigenvalue weighted by molar-refractivity contribution is 5.76. The molecule has 112 valence electrons. The average molecular weight is 279 g/mol. The van der Waals surface area contributed by atoms with E-state index in [1.165, 1.54) is 12.8 Å². The third-order valence-corrected chi connectivity index (χ3v) is 3.85. The summed E-state index contributed by atoms with van der Waals surface area (Å²) >= 11 is 0. The first-order chi connectivity index (χ1) is 9.66. The van der Waals surface area contributed by atoms with Crippen molar-refractivity contribution < 1.29 is 4.79 Å². The number of nitrogens with zero attached hydrogens (tertiary/aromatic N) is 4. The standard InChI is InChI=1S/C14H25N5O/c1-12(15-10-13-16-11-17-18(13)2)9-14(20)19-7-5-3-4-6-8-19/h11-12,15H,3-10H2,1-2H3. The fourth-order valence-corrected chi connectivity index (χ4v) is 2.53. The van der Waals surface area contributed by atoms with Crippen LogP contribution in [-0.2, 0) is 18.4 Å². The maximum absolute atomic E-state index is 12.2. The number of amides is 1. The molecule has 0 saturated carbocycles. The van der Waals surface area contributed by atoms with Crippen LogP contribution in [-0.4, -0.2) is 44.7 Å². The molecule has 0 aliphatic carbocycles. The monoisotopic (exact) mass is 279 g/mol. The molecule has 6 heteroatoms. The van der Waals surface area contributed by atoms with Crippen LogP contribution in [0.2, 0.25) is 0 Å². The number of aryl methyl sites for hydroxylation is 1. The zero-order valence-corrected chi connectivity index (χ0v) is 12.5. The highest BCUT2D eigenvalue weighted by Gasteiger charge is 2.17. The van der Waals surface area contributed by atoms with Gasteiger partial charge in [-0.15, -0.1) is 0 Å². The predicted octanol–water partition coefficient (Wildman–Crippen LogP) is 1.09. The van der Waals surface area contributed by atoms with Crippen LogP contribution in [0.15, 0.2) is 6.33 Å². The van der Waals surface area contributed by atoms with E-state index in [1.807, 2.05) is 18.9 Å². The lowest BCUT2D eigenvalue weighted by Crippen LogP contribution is -2.37. The minimum atomic E-state index is 0.155. The molecular weight excluding hydrogens is 254 g/mol. The molecule has 2 rings (SSSR count). The summed E-state index contributed by atoms with van der Waals surface area (Å²) in [6.45, 7) is 4.54. The maximum atomic E-state index is 12.2. The van der Waals surface area contributed by atoms with Crippen molar-refractivity contribution in [1.29, 1.82) is 0 Å². The molecule has 1 aromatic rings. The molecular formula is C14H25N5O. The lowest BCUT2D eigenvalue weighted by molar-refractivity contribution is -0.131. The topological polar surface area (TPSA) is 63.1 Å². The first-order valence-electron chi connectivity index (χ1n) is 7.51. The van der Waals surface area contributed by atoms with E-state index in [4.69, 9.17) is 0 Å². The third-order valence-electron chi connectivity index (χ3n) is 3.85. The number of carbonyl (C=O) groups excluding carboxylic acids is 1.